The number of benzene rings is 1. The van der Waals surface area contributed by atoms with E-state index in [0.29, 0.717) is 5.75 Å². The van der Waals surface area contributed by atoms with E-state index in [0.717, 1.165) is 4.47 Å². The quantitative estimate of drug-likeness (QED) is 0.675. The molecule has 1 aromatic rings. The van der Waals surface area contributed by atoms with E-state index >= 15 is 0 Å². The summed E-state index contributed by atoms with van der Waals surface area (Å²) in [6.45, 7) is -1.11. The lowest BCUT2D eigenvalue weighted by atomic mass is 10.3. The normalized spacial score (nSPS) is 9.65. The van der Waals surface area contributed by atoms with Gasteiger partial charge in [-0.05, 0) is 18.2 Å². The van der Waals surface area contributed by atoms with Gasteiger partial charge < -0.3 is 20.5 Å². The maximum Gasteiger partial charge on any atom is 0.344 e. The second-order valence-electron chi connectivity index (χ2n) is 3.65. The maximum absolute atomic E-state index is 11.3. The van der Waals surface area contributed by atoms with Crippen LogP contribution in [-0.2, 0) is 19.1 Å². The van der Waals surface area contributed by atoms with Crippen LogP contribution in [0, 0.1) is 0 Å². The second-order valence-corrected chi connectivity index (χ2v) is 4.57. The lowest BCUT2D eigenvalue weighted by Gasteiger charge is -2.07. The molecule has 0 saturated heterocycles. The van der Waals surface area contributed by atoms with Crippen LogP contribution in [0.25, 0.3) is 0 Å². The Bertz CT molecular complexity index is 506. The smallest absolute Gasteiger partial charge is 0.344 e. The average Bonchev–Trinajstić information content (AvgIpc) is 2.40. The van der Waals surface area contributed by atoms with E-state index in [-0.39, 0.29) is 13.2 Å². The number of amides is 2. The van der Waals surface area contributed by atoms with Crippen LogP contribution in [0.3, 0.4) is 0 Å². The van der Waals surface area contributed by atoms with E-state index < -0.39 is 24.4 Å². The first-order chi connectivity index (χ1) is 9.47. The minimum absolute atomic E-state index is 0.301. The number of halogens is 1. The van der Waals surface area contributed by atoms with E-state index in [1.807, 2.05) is 6.07 Å². The van der Waals surface area contributed by atoms with Crippen LogP contribution in [0.4, 0.5) is 0 Å². The van der Waals surface area contributed by atoms with Gasteiger partial charge in [-0.25, -0.2) is 4.79 Å². The Labute approximate surface area is 123 Å². The zero-order valence-corrected chi connectivity index (χ0v) is 12.0. The molecule has 0 unspecified atom stereocenters. The van der Waals surface area contributed by atoms with Crippen LogP contribution < -0.4 is 15.8 Å². The molecule has 0 aliphatic heterocycles. The molecule has 2 amide bonds. The van der Waals surface area contributed by atoms with Crippen molar-refractivity contribution in [2.45, 2.75) is 0 Å². The Balaban J connectivity index is 2.23. The maximum atomic E-state index is 11.3. The average molecular weight is 345 g/mol. The fraction of sp³-hybridized carbons (Fsp3) is 0.250. The second kappa shape index (κ2) is 8.16. The molecule has 108 valence electrons. The van der Waals surface area contributed by atoms with Gasteiger partial charge in [0.1, 0.15) is 5.75 Å². The van der Waals surface area contributed by atoms with Crippen LogP contribution in [0.1, 0.15) is 0 Å². The molecule has 0 spiro atoms. The van der Waals surface area contributed by atoms with E-state index in [1.165, 1.54) is 0 Å². The van der Waals surface area contributed by atoms with Crippen molar-refractivity contribution in [3.63, 3.8) is 0 Å². The van der Waals surface area contributed by atoms with Crippen LogP contribution in [0.5, 0.6) is 5.75 Å². The van der Waals surface area contributed by atoms with E-state index in [9.17, 15) is 14.4 Å². The Hall–Kier alpha value is -2.09. The molecule has 3 N–H and O–H groups in total. The molecule has 20 heavy (non-hydrogen) atoms. The third kappa shape index (κ3) is 6.74. The molecular weight excluding hydrogens is 332 g/mol. The van der Waals surface area contributed by atoms with Gasteiger partial charge in [0.2, 0.25) is 5.91 Å². The molecule has 0 heterocycles. The summed E-state index contributed by atoms with van der Waals surface area (Å²) in [6, 6.07) is 6.93. The number of nitrogens with two attached hydrogens (primary N) is 1. The summed E-state index contributed by atoms with van der Waals surface area (Å²) in [6.07, 6.45) is 0. The van der Waals surface area contributed by atoms with E-state index in [2.05, 4.69) is 26.0 Å². The Kier molecular flexibility index (Phi) is 6.51. The van der Waals surface area contributed by atoms with Crippen molar-refractivity contribution < 1.29 is 23.9 Å². The number of hydrogen-bond donors (Lipinski definition) is 2. The minimum atomic E-state index is -0.695. The fourth-order valence-electron chi connectivity index (χ4n) is 1.12. The molecular formula is C12H13BrN2O5. The van der Waals surface area contributed by atoms with Gasteiger partial charge in [-0.15, -0.1) is 0 Å². The molecule has 7 nitrogen and oxygen atoms in total. The highest BCUT2D eigenvalue weighted by Crippen LogP contribution is 2.17. The SMILES string of the molecule is NC(=O)CNC(=O)COC(=O)COc1cccc(Br)c1. The molecule has 0 aliphatic carbocycles. The van der Waals surface area contributed by atoms with Crippen molar-refractivity contribution in [3.05, 3.63) is 28.7 Å². The molecule has 0 bridgehead atoms. The summed E-state index contributed by atoms with van der Waals surface area (Å²) in [7, 11) is 0. The van der Waals surface area contributed by atoms with Gasteiger partial charge in [0.15, 0.2) is 13.2 Å². The highest BCUT2D eigenvalue weighted by atomic mass is 79.9. The van der Waals surface area contributed by atoms with E-state index in [4.69, 9.17) is 10.5 Å². The Morgan fingerprint density at radius 3 is 2.65 bits per heavy atom. The number of primary amides is 1. The van der Waals surface area contributed by atoms with Crippen molar-refractivity contribution in [1.29, 1.82) is 0 Å². The first-order valence-electron chi connectivity index (χ1n) is 5.56. The zero-order valence-electron chi connectivity index (χ0n) is 10.4. The summed E-state index contributed by atoms with van der Waals surface area (Å²) in [5.41, 5.74) is 4.84. The molecule has 0 saturated carbocycles. The number of rotatable bonds is 7. The van der Waals surface area contributed by atoms with Crippen LogP contribution in [0.15, 0.2) is 28.7 Å². The van der Waals surface area contributed by atoms with Crippen molar-refractivity contribution in [3.8, 4) is 5.75 Å². The van der Waals surface area contributed by atoms with Gasteiger partial charge >= 0.3 is 5.97 Å². The number of hydrogen-bond acceptors (Lipinski definition) is 5. The van der Waals surface area contributed by atoms with Gasteiger partial charge in [0.25, 0.3) is 5.91 Å². The Morgan fingerprint density at radius 2 is 2.00 bits per heavy atom. The van der Waals surface area contributed by atoms with Gasteiger partial charge in [0, 0.05) is 4.47 Å². The first-order valence-corrected chi connectivity index (χ1v) is 6.35. The van der Waals surface area contributed by atoms with Gasteiger partial charge in [-0.2, -0.15) is 0 Å². The number of nitrogens with one attached hydrogen (secondary N) is 1. The molecule has 1 rings (SSSR count). The molecule has 8 heteroatoms. The molecule has 0 aromatic heterocycles. The zero-order chi connectivity index (χ0) is 15.0. The minimum Gasteiger partial charge on any atom is -0.482 e. The third-order valence-electron chi connectivity index (χ3n) is 1.98. The predicted molar refractivity (Wildman–Crippen MR) is 72.8 cm³/mol. The number of carbonyl (C=O) groups is 3. The number of esters is 1. The van der Waals surface area contributed by atoms with Crippen molar-refractivity contribution in [1.82, 2.24) is 5.32 Å². The summed E-state index contributed by atoms with van der Waals surface area (Å²) in [5, 5.41) is 2.18. The highest BCUT2D eigenvalue weighted by molar-refractivity contribution is 9.10. The fourth-order valence-corrected chi connectivity index (χ4v) is 1.50. The highest BCUT2D eigenvalue weighted by Gasteiger charge is 2.09. The van der Waals surface area contributed by atoms with Crippen molar-refractivity contribution in [2.24, 2.45) is 5.73 Å². The monoisotopic (exact) mass is 344 g/mol. The topological polar surface area (TPSA) is 108 Å². The van der Waals surface area contributed by atoms with Gasteiger partial charge in [-0.1, -0.05) is 22.0 Å². The molecule has 0 aliphatic rings. The molecule has 0 radical (unpaired) electrons. The van der Waals surface area contributed by atoms with Crippen LogP contribution in [0.2, 0.25) is 0 Å². The molecule has 0 fully saturated rings. The van der Waals surface area contributed by atoms with Crippen LogP contribution in [-0.4, -0.2) is 37.5 Å². The van der Waals surface area contributed by atoms with Crippen molar-refractivity contribution >= 4 is 33.7 Å². The molecule has 1 aromatic carbocycles. The van der Waals surface area contributed by atoms with Crippen molar-refractivity contribution in [2.75, 3.05) is 19.8 Å². The third-order valence-corrected chi connectivity index (χ3v) is 2.47. The predicted octanol–water partition coefficient (Wildman–Crippen LogP) is -0.0274. The lowest BCUT2D eigenvalue weighted by molar-refractivity contribution is -0.150. The summed E-state index contributed by atoms with van der Waals surface area (Å²) in [4.78, 5) is 32.8. The van der Waals surface area contributed by atoms with Gasteiger partial charge in [-0.3, -0.25) is 9.59 Å². The molecule has 0 atom stereocenters. The van der Waals surface area contributed by atoms with E-state index in [1.54, 1.807) is 18.2 Å². The largest absolute Gasteiger partial charge is 0.482 e. The number of ether oxygens (including phenoxy) is 2. The summed E-state index contributed by atoms with van der Waals surface area (Å²) < 4.78 is 10.6. The summed E-state index contributed by atoms with van der Waals surface area (Å²) in [5.74, 6) is -1.49. The first kappa shape index (κ1) is 16.0. The standard InChI is InChI=1S/C12H13BrN2O5/c13-8-2-1-3-9(4-8)19-7-12(18)20-6-11(17)15-5-10(14)16/h1-4H,5-7H2,(H2,14,16)(H,15,17). The Morgan fingerprint density at radius 1 is 1.25 bits per heavy atom. The van der Waals surface area contributed by atoms with Crippen LogP contribution >= 0.6 is 15.9 Å². The lowest BCUT2D eigenvalue weighted by Crippen LogP contribution is -2.36. The summed E-state index contributed by atoms with van der Waals surface area (Å²) >= 11 is 3.26. The number of carbonyl (C=O) groups excluding carboxylic acids is 3. The van der Waals surface area contributed by atoms with Gasteiger partial charge in [0.05, 0.1) is 6.54 Å².